The Hall–Kier alpha value is -0.690. The zero-order chi connectivity index (χ0) is 16.8. The minimum absolute atomic E-state index is 0.272. The van der Waals surface area contributed by atoms with Crippen LogP contribution in [0.4, 0.5) is 0 Å². The maximum Gasteiger partial charge on any atom is 0.0793 e. The molecule has 1 aromatic carbocycles. The largest absolute Gasteiger partial charge is 0.390 e. The molecule has 0 aliphatic carbocycles. The van der Waals surface area contributed by atoms with Crippen molar-refractivity contribution in [3.8, 4) is 0 Å². The van der Waals surface area contributed by atoms with Crippen molar-refractivity contribution in [2.24, 2.45) is 0 Å². The number of rotatable bonds is 6. The van der Waals surface area contributed by atoms with Crippen LogP contribution in [0.15, 0.2) is 24.3 Å². The zero-order valence-corrected chi connectivity index (χ0v) is 15.0. The van der Waals surface area contributed by atoms with E-state index < -0.39 is 0 Å². The van der Waals surface area contributed by atoms with Crippen LogP contribution in [0.2, 0.25) is 5.02 Å². The first-order valence-corrected chi connectivity index (χ1v) is 9.24. The first-order valence-electron chi connectivity index (χ1n) is 8.86. The summed E-state index contributed by atoms with van der Waals surface area (Å²) in [7, 11) is 0. The fourth-order valence-electron chi connectivity index (χ4n) is 3.42. The molecule has 0 spiro atoms. The number of piperazine rings is 1. The second-order valence-electron chi connectivity index (χ2n) is 6.77. The van der Waals surface area contributed by atoms with Gasteiger partial charge in [0.1, 0.15) is 0 Å². The minimum Gasteiger partial charge on any atom is -0.390 e. The van der Waals surface area contributed by atoms with Crippen molar-refractivity contribution in [3.05, 3.63) is 34.9 Å². The topological polar surface area (TPSA) is 39.2 Å². The van der Waals surface area contributed by atoms with Gasteiger partial charge < -0.3 is 9.84 Å². The third-order valence-corrected chi connectivity index (χ3v) is 5.08. The second-order valence-corrected chi connectivity index (χ2v) is 7.21. The molecule has 0 aromatic heterocycles. The molecule has 0 saturated carbocycles. The van der Waals surface area contributed by atoms with E-state index in [0.29, 0.717) is 0 Å². The molecule has 1 aromatic rings. The quantitative estimate of drug-likeness (QED) is 0.830. The van der Waals surface area contributed by atoms with Crippen LogP contribution in [-0.2, 0) is 11.3 Å². The highest BCUT2D eigenvalue weighted by molar-refractivity contribution is 6.30. The van der Waals surface area contributed by atoms with Crippen molar-refractivity contribution < 1.29 is 9.84 Å². The number of morpholine rings is 1. The first kappa shape index (κ1) is 18.1. The van der Waals surface area contributed by atoms with Crippen molar-refractivity contribution in [3.63, 3.8) is 0 Å². The summed E-state index contributed by atoms with van der Waals surface area (Å²) < 4.78 is 5.35. The molecule has 6 heteroatoms. The number of halogens is 1. The molecule has 24 heavy (non-hydrogen) atoms. The Balaban J connectivity index is 1.36. The molecular formula is C18H28ClN3O2. The molecule has 2 saturated heterocycles. The van der Waals surface area contributed by atoms with Gasteiger partial charge in [-0.25, -0.2) is 0 Å². The molecule has 0 radical (unpaired) electrons. The van der Waals surface area contributed by atoms with Gasteiger partial charge in [-0.05, 0) is 17.7 Å². The number of benzene rings is 1. The molecule has 2 heterocycles. The van der Waals surface area contributed by atoms with E-state index in [-0.39, 0.29) is 6.10 Å². The Bertz CT molecular complexity index is 486. The van der Waals surface area contributed by atoms with E-state index in [0.717, 1.165) is 77.1 Å². The second kappa shape index (κ2) is 9.13. The number of β-amino-alcohol motifs (C(OH)–C–C–N with tert-alkyl or cyclic N) is 1. The Kier molecular flexibility index (Phi) is 6.89. The Morgan fingerprint density at radius 2 is 1.42 bits per heavy atom. The van der Waals surface area contributed by atoms with Crippen LogP contribution >= 0.6 is 11.6 Å². The number of hydrogen-bond acceptors (Lipinski definition) is 5. The highest BCUT2D eigenvalue weighted by atomic mass is 35.5. The lowest BCUT2D eigenvalue weighted by molar-refractivity contribution is 0.00218. The molecule has 134 valence electrons. The van der Waals surface area contributed by atoms with Crippen LogP contribution in [0.25, 0.3) is 0 Å². The number of nitrogens with zero attached hydrogens (tertiary/aromatic N) is 3. The van der Waals surface area contributed by atoms with E-state index in [4.69, 9.17) is 16.3 Å². The zero-order valence-electron chi connectivity index (χ0n) is 14.2. The molecule has 2 aliphatic rings. The van der Waals surface area contributed by atoms with Crippen LogP contribution in [0.3, 0.4) is 0 Å². The van der Waals surface area contributed by atoms with E-state index in [9.17, 15) is 5.11 Å². The molecule has 0 amide bonds. The maximum atomic E-state index is 10.3. The predicted molar refractivity (Wildman–Crippen MR) is 96.4 cm³/mol. The smallest absolute Gasteiger partial charge is 0.0793 e. The van der Waals surface area contributed by atoms with Crippen LogP contribution in [0.1, 0.15) is 5.56 Å². The minimum atomic E-state index is -0.272. The van der Waals surface area contributed by atoms with Crippen LogP contribution < -0.4 is 0 Å². The van der Waals surface area contributed by atoms with Crippen molar-refractivity contribution in [2.45, 2.75) is 12.6 Å². The van der Waals surface area contributed by atoms with Crippen molar-refractivity contribution >= 4 is 11.6 Å². The van der Waals surface area contributed by atoms with Crippen molar-refractivity contribution in [1.82, 2.24) is 14.7 Å². The number of hydrogen-bond donors (Lipinski definition) is 1. The highest BCUT2D eigenvalue weighted by Crippen LogP contribution is 2.13. The van der Waals surface area contributed by atoms with E-state index in [1.165, 1.54) is 5.56 Å². The van der Waals surface area contributed by atoms with Gasteiger partial charge in [0.25, 0.3) is 0 Å². The summed E-state index contributed by atoms with van der Waals surface area (Å²) in [5.74, 6) is 0. The van der Waals surface area contributed by atoms with Crippen LogP contribution in [0, 0.1) is 0 Å². The summed E-state index contributed by atoms with van der Waals surface area (Å²) >= 11 is 5.94. The van der Waals surface area contributed by atoms with Gasteiger partial charge in [0.2, 0.25) is 0 Å². The lowest BCUT2D eigenvalue weighted by Crippen LogP contribution is -2.50. The molecule has 5 nitrogen and oxygen atoms in total. The summed E-state index contributed by atoms with van der Waals surface area (Å²) in [6.07, 6.45) is -0.272. The summed E-state index contributed by atoms with van der Waals surface area (Å²) in [5.41, 5.74) is 1.31. The molecule has 1 atom stereocenters. The van der Waals surface area contributed by atoms with Gasteiger partial charge in [-0.15, -0.1) is 0 Å². The van der Waals surface area contributed by atoms with Gasteiger partial charge >= 0.3 is 0 Å². The number of aliphatic hydroxyl groups excluding tert-OH is 1. The van der Waals surface area contributed by atoms with Gasteiger partial charge in [-0.3, -0.25) is 14.7 Å². The van der Waals surface area contributed by atoms with E-state index in [1.807, 2.05) is 12.1 Å². The molecule has 2 fully saturated rings. The van der Waals surface area contributed by atoms with E-state index >= 15 is 0 Å². The Labute approximate surface area is 149 Å². The van der Waals surface area contributed by atoms with Gasteiger partial charge in [-0.1, -0.05) is 23.7 Å². The van der Waals surface area contributed by atoms with Gasteiger partial charge in [0.15, 0.2) is 0 Å². The third-order valence-electron chi connectivity index (χ3n) is 4.83. The molecule has 0 bridgehead atoms. The summed E-state index contributed by atoms with van der Waals surface area (Å²) in [6, 6.07) is 8.10. The van der Waals surface area contributed by atoms with Gasteiger partial charge in [0.05, 0.1) is 19.3 Å². The first-order chi connectivity index (χ1) is 11.7. The molecule has 1 unspecified atom stereocenters. The standard InChI is InChI=1S/C18H28ClN3O2/c19-17-3-1-16(2-4-17)13-20-5-7-21(8-6-20)14-18(23)15-22-9-11-24-12-10-22/h1-4,18,23H,5-15H2. The maximum absolute atomic E-state index is 10.3. The van der Waals surface area contributed by atoms with Gasteiger partial charge in [-0.2, -0.15) is 0 Å². The number of ether oxygens (including phenoxy) is 1. The van der Waals surface area contributed by atoms with E-state index in [1.54, 1.807) is 0 Å². The van der Waals surface area contributed by atoms with Crippen LogP contribution in [0.5, 0.6) is 0 Å². The molecule has 1 N–H and O–H groups in total. The fraction of sp³-hybridized carbons (Fsp3) is 0.667. The predicted octanol–water partition coefficient (Wildman–Crippen LogP) is 1.15. The molecule has 3 rings (SSSR count). The monoisotopic (exact) mass is 353 g/mol. The molecular weight excluding hydrogens is 326 g/mol. The molecule has 2 aliphatic heterocycles. The summed E-state index contributed by atoms with van der Waals surface area (Å²) in [5, 5.41) is 11.1. The van der Waals surface area contributed by atoms with Gasteiger partial charge in [0, 0.05) is 63.9 Å². The number of aliphatic hydroxyl groups is 1. The normalized spacial score (nSPS) is 22.6. The van der Waals surface area contributed by atoms with Crippen molar-refractivity contribution in [2.75, 3.05) is 65.6 Å². The van der Waals surface area contributed by atoms with Crippen LogP contribution in [-0.4, -0.2) is 91.5 Å². The summed E-state index contributed by atoms with van der Waals surface area (Å²) in [6.45, 7) is 10.1. The van der Waals surface area contributed by atoms with Crippen molar-refractivity contribution in [1.29, 1.82) is 0 Å². The van der Waals surface area contributed by atoms with E-state index in [2.05, 4.69) is 26.8 Å². The fourth-order valence-corrected chi connectivity index (χ4v) is 3.54. The average Bonchev–Trinajstić information content (AvgIpc) is 2.59. The SMILES string of the molecule is OC(CN1CCOCC1)CN1CCN(Cc2ccc(Cl)cc2)CC1. The third kappa shape index (κ3) is 5.69. The Morgan fingerprint density at radius 1 is 0.875 bits per heavy atom. The lowest BCUT2D eigenvalue weighted by Gasteiger charge is -2.36. The summed E-state index contributed by atoms with van der Waals surface area (Å²) in [4.78, 5) is 7.14. The average molecular weight is 354 g/mol. The lowest BCUT2D eigenvalue weighted by atomic mass is 10.2. The highest BCUT2D eigenvalue weighted by Gasteiger charge is 2.21. The Morgan fingerprint density at radius 3 is 2.04 bits per heavy atom.